The van der Waals surface area contributed by atoms with E-state index in [4.69, 9.17) is 0 Å². The van der Waals surface area contributed by atoms with Gasteiger partial charge in [0.1, 0.15) is 5.69 Å². The van der Waals surface area contributed by atoms with E-state index in [1.807, 2.05) is 37.3 Å². The number of rotatable bonds is 8. The molecular formula is C23H30N4O4S. The molecule has 1 aromatic heterocycles. The molecule has 32 heavy (non-hydrogen) atoms. The van der Waals surface area contributed by atoms with Crippen LogP contribution < -0.4 is 10.6 Å². The lowest BCUT2D eigenvalue weighted by molar-refractivity contribution is -0.118. The third-order valence-electron chi connectivity index (χ3n) is 5.89. The van der Waals surface area contributed by atoms with Crippen LogP contribution in [0.15, 0.2) is 60.1 Å². The number of carbonyl (C=O) groups excluding carboxylic acids is 2. The molecule has 0 spiro atoms. The summed E-state index contributed by atoms with van der Waals surface area (Å²) in [5.41, 5.74) is 0.927. The van der Waals surface area contributed by atoms with Crippen molar-refractivity contribution < 1.29 is 18.0 Å². The maximum atomic E-state index is 13.2. The second-order valence-electron chi connectivity index (χ2n) is 8.27. The fourth-order valence-electron chi connectivity index (χ4n) is 3.86. The Balaban J connectivity index is 1.64. The minimum absolute atomic E-state index is 0.0736. The van der Waals surface area contributed by atoms with Gasteiger partial charge >= 0.3 is 0 Å². The Morgan fingerprint density at radius 1 is 1.12 bits per heavy atom. The van der Waals surface area contributed by atoms with E-state index in [1.165, 1.54) is 27.1 Å². The molecule has 2 aromatic rings. The molecule has 0 atom stereocenters. The molecule has 1 aromatic carbocycles. The standard InChI is InChI=1S/C23H30N4O4S/c1-4-20(28)25-23(2)13-16-27(17-14-23)32(30,31)21-11-10-19(26(21)3)22(29)24-15-12-18-8-6-5-7-9-18/h4-11H,1,12-17H2,2-3H3,(H,24,29)(H,25,28). The van der Waals surface area contributed by atoms with Crippen LogP contribution in [0.2, 0.25) is 0 Å². The van der Waals surface area contributed by atoms with Crippen molar-refractivity contribution in [2.24, 2.45) is 7.05 Å². The van der Waals surface area contributed by atoms with Gasteiger partial charge in [-0.1, -0.05) is 36.9 Å². The highest BCUT2D eigenvalue weighted by molar-refractivity contribution is 7.89. The number of nitrogens with one attached hydrogen (secondary N) is 2. The monoisotopic (exact) mass is 458 g/mol. The average Bonchev–Trinajstić information content (AvgIpc) is 3.16. The SMILES string of the molecule is C=CC(=O)NC1(C)CCN(S(=O)(=O)c2ccc(C(=O)NCCc3ccccc3)n2C)CC1. The van der Waals surface area contributed by atoms with Crippen LogP contribution in [0.4, 0.5) is 0 Å². The van der Waals surface area contributed by atoms with Crippen molar-refractivity contribution in [3.05, 3.63) is 66.4 Å². The van der Waals surface area contributed by atoms with Crippen LogP contribution in [0.1, 0.15) is 35.8 Å². The van der Waals surface area contributed by atoms with E-state index in [0.717, 1.165) is 5.56 Å². The van der Waals surface area contributed by atoms with Gasteiger partial charge in [0.2, 0.25) is 5.91 Å². The Morgan fingerprint density at radius 3 is 2.41 bits per heavy atom. The highest BCUT2D eigenvalue weighted by atomic mass is 32.2. The van der Waals surface area contributed by atoms with Crippen LogP contribution in [0, 0.1) is 0 Å². The van der Waals surface area contributed by atoms with Gasteiger partial charge in [-0.25, -0.2) is 8.42 Å². The molecule has 0 saturated carbocycles. The second kappa shape index (κ2) is 9.70. The Hall–Kier alpha value is -2.91. The third-order valence-corrected chi connectivity index (χ3v) is 7.87. The molecule has 0 bridgehead atoms. The van der Waals surface area contributed by atoms with Crippen molar-refractivity contribution in [2.45, 2.75) is 36.8 Å². The lowest BCUT2D eigenvalue weighted by Gasteiger charge is -2.39. The van der Waals surface area contributed by atoms with Crippen molar-refractivity contribution in [1.29, 1.82) is 0 Å². The summed E-state index contributed by atoms with van der Waals surface area (Å²) in [6.07, 6.45) is 2.88. The Kier molecular flexibility index (Phi) is 7.20. The first kappa shape index (κ1) is 23.7. The maximum absolute atomic E-state index is 13.2. The predicted molar refractivity (Wildman–Crippen MR) is 123 cm³/mol. The van der Waals surface area contributed by atoms with Crippen LogP contribution in [0.3, 0.4) is 0 Å². The summed E-state index contributed by atoms with van der Waals surface area (Å²) < 4.78 is 29.2. The number of benzene rings is 1. The molecule has 3 rings (SSSR count). The Bertz CT molecular complexity index is 1080. The summed E-state index contributed by atoms with van der Waals surface area (Å²) in [6.45, 7) is 6.37. The molecule has 1 aliphatic rings. The summed E-state index contributed by atoms with van der Waals surface area (Å²) in [5.74, 6) is -0.586. The molecule has 0 aliphatic carbocycles. The maximum Gasteiger partial charge on any atom is 0.267 e. The minimum Gasteiger partial charge on any atom is -0.350 e. The van der Waals surface area contributed by atoms with Crippen LogP contribution >= 0.6 is 0 Å². The number of piperidine rings is 1. The first-order chi connectivity index (χ1) is 15.2. The number of amides is 2. The molecule has 0 radical (unpaired) electrons. The van der Waals surface area contributed by atoms with E-state index in [-0.39, 0.29) is 35.6 Å². The van der Waals surface area contributed by atoms with Crippen LogP contribution in [0.5, 0.6) is 0 Å². The summed E-state index contributed by atoms with van der Waals surface area (Å²) in [5, 5.41) is 5.81. The van der Waals surface area contributed by atoms with Gasteiger partial charge in [-0.2, -0.15) is 4.31 Å². The molecular weight excluding hydrogens is 428 g/mol. The number of hydrogen-bond acceptors (Lipinski definition) is 4. The van der Waals surface area contributed by atoms with Crippen LogP contribution in [0.25, 0.3) is 0 Å². The lowest BCUT2D eigenvalue weighted by Crippen LogP contribution is -2.54. The molecule has 1 fully saturated rings. The smallest absolute Gasteiger partial charge is 0.267 e. The van der Waals surface area contributed by atoms with Crippen molar-refractivity contribution in [3.63, 3.8) is 0 Å². The van der Waals surface area contributed by atoms with Crippen molar-refractivity contribution in [3.8, 4) is 0 Å². The summed E-state index contributed by atoms with van der Waals surface area (Å²) in [4.78, 5) is 24.2. The zero-order chi connectivity index (χ0) is 23.4. The summed E-state index contributed by atoms with van der Waals surface area (Å²) in [6, 6.07) is 12.8. The van der Waals surface area contributed by atoms with E-state index in [9.17, 15) is 18.0 Å². The minimum atomic E-state index is -3.77. The number of nitrogens with zero attached hydrogens (tertiary/aromatic N) is 2. The van der Waals surface area contributed by atoms with Gasteiger partial charge in [-0.15, -0.1) is 0 Å². The zero-order valence-corrected chi connectivity index (χ0v) is 19.3. The normalized spacial score (nSPS) is 16.3. The fraction of sp³-hybridized carbons (Fsp3) is 0.391. The first-order valence-electron chi connectivity index (χ1n) is 10.6. The van der Waals surface area contributed by atoms with Gasteiger partial charge < -0.3 is 15.2 Å². The summed E-state index contributed by atoms with van der Waals surface area (Å²) in [7, 11) is -2.19. The molecule has 0 unspecified atom stereocenters. The number of carbonyl (C=O) groups is 2. The number of aromatic nitrogens is 1. The quantitative estimate of drug-likeness (QED) is 0.590. The van der Waals surface area contributed by atoms with Crippen molar-refractivity contribution in [2.75, 3.05) is 19.6 Å². The fourth-order valence-corrected chi connectivity index (χ4v) is 5.47. The van der Waals surface area contributed by atoms with Crippen molar-refractivity contribution >= 4 is 21.8 Å². The van der Waals surface area contributed by atoms with E-state index in [2.05, 4.69) is 17.2 Å². The molecule has 1 aliphatic heterocycles. The largest absolute Gasteiger partial charge is 0.350 e. The number of hydrogen-bond donors (Lipinski definition) is 2. The van der Waals surface area contributed by atoms with Gasteiger partial charge in [0.25, 0.3) is 15.9 Å². The molecule has 2 heterocycles. The van der Waals surface area contributed by atoms with E-state index in [0.29, 0.717) is 25.8 Å². The molecule has 172 valence electrons. The van der Waals surface area contributed by atoms with Gasteiger partial charge in [0.15, 0.2) is 5.03 Å². The molecule has 9 heteroatoms. The highest BCUT2D eigenvalue weighted by Gasteiger charge is 2.37. The van der Waals surface area contributed by atoms with E-state index >= 15 is 0 Å². The lowest BCUT2D eigenvalue weighted by atomic mass is 9.90. The van der Waals surface area contributed by atoms with Gasteiger partial charge in [-0.05, 0) is 50.0 Å². The van der Waals surface area contributed by atoms with Crippen molar-refractivity contribution in [1.82, 2.24) is 19.5 Å². The highest BCUT2D eigenvalue weighted by Crippen LogP contribution is 2.27. The number of sulfonamides is 1. The van der Waals surface area contributed by atoms with Gasteiger partial charge in [0.05, 0.1) is 0 Å². The van der Waals surface area contributed by atoms with Crippen LogP contribution in [-0.4, -0.2) is 54.3 Å². The molecule has 8 nitrogen and oxygen atoms in total. The van der Waals surface area contributed by atoms with E-state index < -0.39 is 15.6 Å². The Morgan fingerprint density at radius 2 is 1.78 bits per heavy atom. The molecule has 2 amide bonds. The molecule has 1 saturated heterocycles. The van der Waals surface area contributed by atoms with Crippen LogP contribution in [-0.2, 0) is 28.3 Å². The average molecular weight is 459 g/mol. The second-order valence-corrected chi connectivity index (χ2v) is 10.2. The topological polar surface area (TPSA) is 101 Å². The molecule has 2 N–H and O–H groups in total. The zero-order valence-electron chi connectivity index (χ0n) is 18.5. The van der Waals surface area contributed by atoms with Gasteiger partial charge in [0, 0.05) is 32.2 Å². The van der Waals surface area contributed by atoms with E-state index in [1.54, 1.807) is 7.05 Å². The predicted octanol–water partition coefficient (Wildman–Crippen LogP) is 1.84. The first-order valence-corrected chi connectivity index (χ1v) is 12.0. The van der Waals surface area contributed by atoms with Gasteiger partial charge in [-0.3, -0.25) is 9.59 Å². The summed E-state index contributed by atoms with van der Waals surface area (Å²) >= 11 is 0. The third kappa shape index (κ3) is 5.28. The Labute approximate surface area is 189 Å².